The first-order valence-electron chi connectivity index (χ1n) is 16.6. The highest BCUT2D eigenvalue weighted by Crippen LogP contribution is 2.30. The van der Waals surface area contributed by atoms with Crippen LogP contribution in [0.15, 0.2) is 85.2 Å². The minimum absolute atomic E-state index is 0.149. The SMILES string of the molecule is Cc1ccc2c(c1)cc(-c1cnc3ccc(Cl)nn13)n2C.Cc1ccc2c(c1)cc(-c1cnc3ccc(NC4CCC(O)CC4)nn13)n2C. The third-order valence-electron chi connectivity index (χ3n) is 9.66. The lowest BCUT2D eigenvalue weighted by Gasteiger charge is -2.26. The topological polar surface area (TPSA) is 102 Å². The summed E-state index contributed by atoms with van der Waals surface area (Å²) >= 11 is 6.01. The van der Waals surface area contributed by atoms with Crippen molar-refractivity contribution in [2.24, 2.45) is 14.1 Å². The molecule has 0 spiro atoms. The number of nitrogens with zero attached hydrogens (tertiary/aromatic N) is 8. The zero-order valence-corrected chi connectivity index (χ0v) is 28.7. The molecule has 0 saturated heterocycles. The minimum Gasteiger partial charge on any atom is -0.393 e. The van der Waals surface area contributed by atoms with Crippen LogP contribution in [0.2, 0.25) is 5.15 Å². The van der Waals surface area contributed by atoms with Gasteiger partial charge in [-0.3, -0.25) is 0 Å². The highest BCUT2D eigenvalue weighted by molar-refractivity contribution is 6.29. The number of anilines is 1. The number of rotatable bonds is 4. The van der Waals surface area contributed by atoms with E-state index in [4.69, 9.17) is 16.7 Å². The van der Waals surface area contributed by atoms with Gasteiger partial charge in [0.2, 0.25) is 0 Å². The zero-order chi connectivity index (χ0) is 33.8. The molecule has 11 heteroatoms. The summed E-state index contributed by atoms with van der Waals surface area (Å²) in [4.78, 5) is 8.94. The Balaban J connectivity index is 0.000000148. The number of hydrogen-bond acceptors (Lipinski definition) is 6. The first-order valence-corrected chi connectivity index (χ1v) is 17.0. The summed E-state index contributed by atoms with van der Waals surface area (Å²) in [6.07, 6.45) is 7.23. The van der Waals surface area contributed by atoms with Crippen molar-refractivity contribution in [3.05, 3.63) is 101 Å². The number of fused-ring (bicyclic) bond motifs is 4. The van der Waals surface area contributed by atoms with E-state index in [0.717, 1.165) is 65.6 Å². The first kappa shape index (κ1) is 31.1. The van der Waals surface area contributed by atoms with Gasteiger partial charge in [-0.15, -0.1) is 5.10 Å². The molecule has 9 rings (SSSR count). The maximum absolute atomic E-state index is 9.71. The smallest absolute Gasteiger partial charge is 0.154 e. The summed E-state index contributed by atoms with van der Waals surface area (Å²) in [7, 11) is 4.14. The summed E-state index contributed by atoms with van der Waals surface area (Å²) in [5.41, 5.74) is 10.6. The van der Waals surface area contributed by atoms with Crippen LogP contribution in [-0.4, -0.2) is 55.6 Å². The number of hydrogen-bond donors (Lipinski definition) is 2. The number of benzene rings is 2. The molecule has 1 fully saturated rings. The average Bonchev–Trinajstić information content (AvgIpc) is 3.85. The number of aromatic nitrogens is 8. The van der Waals surface area contributed by atoms with Crippen molar-refractivity contribution in [2.45, 2.75) is 51.7 Å². The van der Waals surface area contributed by atoms with Crippen molar-refractivity contribution >= 4 is 50.5 Å². The molecule has 6 aromatic heterocycles. The fraction of sp³-hybridized carbons (Fsp3) is 0.263. The molecule has 1 saturated carbocycles. The van der Waals surface area contributed by atoms with Crippen molar-refractivity contribution in [2.75, 3.05) is 5.32 Å². The molecule has 8 aromatic rings. The Hall–Kier alpha value is -5.19. The minimum atomic E-state index is -0.149. The van der Waals surface area contributed by atoms with Gasteiger partial charge >= 0.3 is 0 Å². The molecule has 0 aliphatic heterocycles. The predicted octanol–water partition coefficient (Wildman–Crippen LogP) is 7.76. The van der Waals surface area contributed by atoms with E-state index < -0.39 is 0 Å². The van der Waals surface area contributed by atoms with Gasteiger partial charge in [-0.1, -0.05) is 34.9 Å². The van der Waals surface area contributed by atoms with Crippen LogP contribution in [0.5, 0.6) is 0 Å². The Bertz CT molecular complexity index is 2480. The van der Waals surface area contributed by atoms with Gasteiger partial charge in [0.1, 0.15) is 22.4 Å². The zero-order valence-electron chi connectivity index (χ0n) is 28.0. The van der Waals surface area contributed by atoms with E-state index >= 15 is 0 Å². The molecule has 49 heavy (non-hydrogen) atoms. The Morgan fingerprint density at radius 2 is 1.18 bits per heavy atom. The van der Waals surface area contributed by atoms with E-state index in [2.05, 4.69) is 106 Å². The first-order chi connectivity index (χ1) is 23.7. The fourth-order valence-electron chi connectivity index (χ4n) is 7.01. The third-order valence-corrected chi connectivity index (χ3v) is 9.86. The van der Waals surface area contributed by atoms with Gasteiger partial charge in [0.25, 0.3) is 0 Å². The van der Waals surface area contributed by atoms with Gasteiger partial charge in [0.15, 0.2) is 11.3 Å². The van der Waals surface area contributed by atoms with Crippen LogP contribution < -0.4 is 5.32 Å². The van der Waals surface area contributed by atoms with E-state index in [9.17, 15) is 5.11 Å². The normalized spacial score (nSPS) is 16.4. The van der Waals surface area contributed by atoms with E-state index in [1.54, 1.807) is 10.6 Å². The van der Waals surface area contributed by atoms with E-state index in [-0.39, 0.29) is 6.10 Å². The highest BCUT2D eigenvalue weighted by Gasteiger charge is 2.20. The fourth-order valence-corrected chi connectivity index (χ4v) is 7.15. The van der Waals surface area contributed by atoms with Crippen LogP contribution >= 0.6 is 11.6 Å². The van der Waals surface area contributed by atoms with Gasteiger partial charge in [-0.25, -0.2) is 19.0 Å². The van der Waals surface area contributed by atoms with E-state index in [1.165, 1.54) is 32.9 Å². The van der Waals surface area contributed by atoms with Crippen LogP contribution in [0.3, 0.4) is 0 Å². The van der Waals surface area contributed by atoms with Gasteiger partial charge in [0, 0.05) is 41.9 Å². The van der Waals surface area contributed by atoms with Crippen LogP contribution in [-0.2, 0) is 14.1 Å². The number of aliphatic hydroxyl groups excluding tert-OH is 1. The van der Waals surface area contributed by atoms with Gasteiger partial charge < -0.3 is 19.6 Å². The molecule has 0 unspecified atom stereocenters. The molecule has 0 bridgehead atoms. The Morgan fingerprint density at radius 3 is 1.76 bits per heavy atom. The molecule has 1 aliphatic rings. The lowest BCUT2D eigenvalue weighted by atomic mass is 9.93. The maximum Gasteiger partial charge on any atom is 0.154 e. The van der Waals surface area contributed by atoms with Crippen molar-refractivity contribution in [3.8, 4) is 22.8 Å². The molecule has 248 valence electrons. The molecule has 2 N–H and O–H groups in total. The quantitative estimate of drug-likeness (QED) is 0.198. The number of aryl methyl sites for hydroxylation is 4. The number of nitrogens with one attached hydrogen (secondary N) is 1. The largest absolute Gasteiger partial charge is 0.393 e. The molecule has 0 radical (unpaired) electrons. The predicted molar refractivity (Wildman–Crippen MR) is 196 cm³/mol. The molecule has 0 amide bonds. The second-order valence-corrected chi connectivity index (χ2v) is 13.5. The average molecular weight is 672 g/mol. The summed E-state index contributed by atoms with van der Waals surface area (Å²) in [6.45, 7) is 4.21. The van der Waals surface area contributed by atoms with Crippen molar-refractivity contribution in [1.82, 2.24) is 38.3 Å². The molecule has 1 aliphatic carbocycles. The van der Waals surface area contributed by atoms with Gasteiger partial charge in [0.05, 0.1) is 29.9 Å². The maximum atomic E-state index is 9.71. The van der Waals surface area contributed by atoms with Crippen LogP contribution in [0.1, 0.15) is 36.8 Å². The lowest BCUT2D eigenvalue weighted by molar-refractivity contribution is 0.126. The number of aliphatic hydroxyl groups is 1. The number of imidazole rings is 2. The molecule has 6 heterocycles. The molecule has 2 aromatic carbocycles. The molecule has 10 nitrogen and oxygen atoms in total. The monoisotopic (exact) mass is 671 g/mol. The summed E-state index contributed by atoms with van der Waals surface area (Å²) in [5, 5.41) is 25.3. The molecular weight excluding hydrogens is 634 g/mol. The molecule has 0 atom stereocenters. The third kappa shape index (κ3) is 5.81. The second-order valence-electron chi connectivity index (χ2n) is 13.2. The van der Waals surface area contributed by atoms with E-state index in [0.29, 0.717) is 11.2 Å². The van der Waals surface area contributed by atoms with Crippen LogP contribution in [0, 0.1) is 13.8 Å². The van der Waals surface area contributed by atoms with E-state index in [1.807, 2.05) is 35.1 Å². The number of halogens is 1. The highest BCUT2D eigenvalue weighted by atomic mass is 35.5. The van der Waals surface area contributed by atoms with Crippen LogP contribution in [0.4, 0.5) is 5.82 Å². The summed E-state index contributed by atoms with van der Waals surface area (Å²) in [5.74, 6) is 0.850. The Kier molecular flexibility index (Phi) is 7.85. The Morgan fingerprint density at radius 1 is 0.653 bits per heavy atom. The van der Waals surface area contributed by atoms with Gasteiger partial charge in [-0.05, 0) is 100 Å². The van der Waals surface area contributed by atoms with Crippen molar-refractivity contribution in [3.63, 3.8) is 0 Å². The summed E-state index contributed by atoms with van der Waals surface area (Å²) in [6, 6.07) is 25.3. The summed E-state index contributed by atoms with van der Waals surface area (Å²) < 4.78 is 8.05. The van der Waals surface area contributed by atoms with Gasteiger partial charge in [-0.2, -0.15) is 5.10 Å². The van der Waals surface area contributed by atoms with Crippen molar-refractivity contribution < 1.29 is 5.11 Å². The van der Waals surface area contributed by atoms with Crippen molar-refractivity contribution in [1.29, 1.82) is 0 Å². The van der Waals surface area contributed by atoms with Crippen LogP contribution in [0.25, 0.3) is 55.9 Å². The Labute approximate surface area is 288 Å². The second kappa shape index (κ2) is 12.4. The standard InChI is InChI=1S/C22H25N5O.C16H13ClN4/c1-14-3-8-18-15(11-14)12-19(26(18)2)20-13-23-22-10-9-21(25-27(20)22)24-16-4-6-17(28)7-5-16;1-10-3-4-12-11(7-10)8-13(20(12)2)14-9-18-16-6-5-15(17)19-21(14)16/h3,8-13,16-17,28H,4-7H2,1-2H3,(H,24,25);3-9H,1-2H3. The lowest BCUT2D eigenvalue weighted by Crippen LogP contribution is -2.28. The molecular formula is C38H38ClN9O.